The summed E-state index contributed by atoms with van der Waals surface area (Å²) in [6, 6.07) is 4.80. The van der Waals surface area contributed by atoms with E-state index in [1.807, 2.05) is 13.8 Å². The number of carbonyl (C=O) groups is 2. The van der Waals surface area contributed by atoms with Gasteiger partial charge in [0.05, 0.1) is 0 Å². The Bertz CT molecular complexity index is 432. The van der Waals surface area contributed by atoms with Crippen LogP contribution in [0.2, 0.25) is 0 Å². The molecule has 0 saturated carbocycles. The third-order valence-electron chi connectivity index (χ3n) is 2.08. The van der Waals surface area contributed by atoms with E-state index >= 15 is 0 Å². The van der Waals surface area contributed by atoms with Gasteiger partial charge in [-0.05, 0) is 26.0 Å². The second-order valence-electron chi connectivity index (χ2n) is 4.11. The maximum absolute atomic E-state index is 11.4. The minimum absolute atomic E-state index is 0.0216. The van der Waals surface area contributed by atoms with Gasteiger partial charge in [-0.2, -0.15) is 0 Å². The van der Waals surface area contributed by atoms with Crippen LogP contribution in [0.3, 0.4) is 0 Å². The van der Waals surface area contributed by atoms with E-state index in [0.29, 0.717) is 18.8 Å². The molecule has 0 atom stereocenters. The van der Waals surface area contributed by atoms with Crippen LogP contribution in [0.15, 0.2) is 18.2 Å². The largest absolute Gasteiger partial charge is 0.477 e. The average Bonchev–Trinajstić information content (AvgIpc) is 2.28. The molecule has 1 rings (SSSR count). The lowest BCUT2D eigenvalue weighted by molar-refractivity contribution is -0.121. The quantitative estimate of drug-likeness (QED) is 0.704. The third-order valence-corrected chi connectivity index (χ3v) is 2.08. The monoisotopic (exact) mass is 251 g/mol. The van der Waals surface area contributed by atoms with Gasteiger partial charge in [0, 0.05) is 19.0 Å². The number of pyridine rings is 1. The molecule has 1 aromatic rings. The first-order chi connectivity index (χ1) is 8.49. The first-order valence-corrected chi connectivity index (χ1v) is 5.72. The van der Waals surface area contributed by atoms with Gasteiger partial charge in [-0.25, -0.2) is 9.78 Å². The molecule has 0 aromatic carbocycles. The van der Waals surface area contributed by atoms with E-state index in [1.54, 1.807) is 12.1 Å². The standard InChI is InChI=1S/C12H17N3O3/c1-8(2)14-11(16)6-7-13-10-5-3-4-9(15-10)12(17)18/h3-5,8H,6-7H2,1-2H3,(H,13,15)(H,14,16)(H,17,18). The Morgan fingerprint density at radius 2 is 2.11 bits per heavy atom. The third kappa shape index (κ3) is 4.82. The molecule has 1 heterocycles. The summed E-state index contributed by atoms with van der Waals surface area (Å²) >= 11 is 0. The summed E-state index contributed by atoms with van der Waals surface area (Å²) in [5.74, 6) is -0.671. The highest BCUT2D eigenvalue weighted by atomic mass is 16.4. The van der Waals surface area contributed by atoms with Crippen molar-refractivity contribution in [2.24, 2.45) is 0 Å². The summed E-state index contributed by atoms with van der Waals surface area (Å²) in [5.41, 5.74) is -0.0216. The van der Waals surface area contributed by atoms with Gasteiger partial charge in [0.25, 0.3) is 0 Å². The molecule has 6 nitrogen and oxygen atoms in total. The molecule has 0 aliphatic heterocycles. The van der Waals surface area contributed by atoms with Gasteiger partial charge in [-0.1, -0.05) is 6.07 Å². The van der Waals surface area contributed by atoms with E-state index in [4.69, 9.17) is 5.11 Å². The smallest absolute Gasteiger partial charge is 0.354 e. The number of nitrogens with zero attached hydrogens (tertiary/aromatic N) is 1. The number of anilines is 1. The number of aromatic nitrogens is 1. The summed E-state index contributed by atoms with van der Waals surface area (Å²) in [7, 11) is 0. The summed E-state index contributed by atoms with van der Waals surface area (Å²) in [6.45, 7) is 4.20. The SMILES string of the molecule is CC(C)NC(=O)CCNc1cccc(C(=O)O)n1. The number of carboxylic acids is 1. The molecule has 0 saturated heterocycles. The van der Waals surface area contributed by atoms with Crippen LogP contribution in [0.5, 0.6) is 0 Å². The zero-order chi connectivity index (χ0) is 13.5. The summed E-state index contributed by atoms with van der Waals surface area (Å²) in [4.78, 5) is 25.9. The molecule has 98 valence electrons. The van der Waals surface area contributed by atoms with Crippen LogP contribution in [0.1, 0.15) is 30.8 Å². The lowest BCUT2D eigenvalue weighted by Gasteiger charge is -2.09. The predicted molar refractivity (Wildman–Crippen MR) is 67.6 cm³/mol. The number of rotatable bonds is 6. The van der Waals surface area contributed by atoms with Crippen molar-refractivity contribution in [3.8, 4) is 0 Å². The molecule has 18 heavy (non-hydrogen) atoms. The van der Waals surface area contributed by atoms with Crippen LogP contribution < -0.4 is 10.6 Å². The van der Waals surface area contributed by atoms with Crippen molar-refractivity contribution in [3.63, 3.8) is 0 Å². The van der Waals surface area contributed by atoms with Crippen LogP contribution >= 0.6 is 0 Å². The Morgan fingerprint density at radius 3 is 2.72 bits per heavy atom. The van der Waals surface area contributed by atoms with E-state index in [2.05, 4.69) is 15.6 Å². The zero-order valence-corrected chi connectivity index (χ0v) is 10.4. The first kappa shape index (κ1) is 14.0. The molecule has 0 bridgehead atoms. The first-order valence-electron chi connectivity index (χ1n) is 5.72. The molecule has 0 spiro atoms. The van der Waals surface area contributed by atoms with Crippen molar-refractivity contribution in [1.82, 2.24) is 10.3 Å². The highest BCUT2D eigenvalue weighted by Crippen LogP contribution is 2.04. The summed E-state index contributed by atoms with van der Waals surface area (Å²) in [5, 5.41) is 14.4. The number of hydrogen-bond donors (Lipinski definition) is 3. The van der Waals surface area contributed by atoms with Crippen molar-refractivity contribution >= 4 is 17.7 Å². The van der Waals surface area contributed by atoms with E-state index in [9.17, 15) is 9.59 Å². The van der Waals surface area contributed by atoms with Gasteiger partial charge in [0.2, 0.25) is 5.91 Å². The topological polar surface area (TPSA) is 91.3 Å². The fraction of sp³-hybridized carbons (Fsp3) is 0.417. The number of nitrogens with one attached hydrogen (secondary N) is 2. The van der Waals surface area contributed by atoms with Crippen LogP contribution in [0, 0.1) is 0 Å². The fourth-order valence-corrected chi connectivity index (χ4v) is 1.35. The zero-order valence-electron chi connectivity index (χ0n) is 10.4. The van der Waals surface area contributed by atoms with Crippen molar-refractivity contribution in [2.75, 3.05) is 11.9 Å². The Kier molecular flexibility index (Phi) is 5.10. The molecule has 1 aromatic heterocycles. The number of hydrogen-bond acceptors (Lipinski definition) is 4. The molecular weight excluding hydrogens is 234 g/mol. The molecule has 0 aliphatic carbocycles. The van der Waals surface area contributed by atoms with E-state index in [1.165, 1.54) is 6.07 Å². The molecule has 0 fully saturated rings. The molecular formula is C12H17N3O3. The maximum atomic E-state index is 11.4. The van der Waals surface area contributed by atoms with Crippen molar-refractivity contribution < 1.29 is 14.7 Å². The molecule has 6 heteroatoms. The average molecular weight is 251 g/mol. The van der Waals surface area contributed by atoms with E-state index in [-0.39, 0.29) is 17.6 Å². The fourth-order valence-electron chi connectivity index (χ4n) is 1.35. The Morgan fingerprint density at radius 1 is 1.39 bits per heavy atom. The number of aromatic carboxylic acids is 1. The van der Waals surface area contributed by atoms with Crippen molar-refractivity contribution in [1.29, 1.82) is 0 Å². The Balaban J connectivity index is 2.42. The van der Waals surface area contributed by atoms with Gasteiger partial charge < -0.3 is 15.7 Å². The molecule has 0 unspecified atom stereocenters. The van der Waals surface area contributed by atoms with Gasteiger partial charge in [-0.3, -0.25) is 4.79 Å². The predicted octanol–water partition coefficient (Wildman–Crippen LogP) is 1.11. The van der Waals surface area contributed by atoms with E-state index in [0.717, 1.165) is 0 Å². The van der Waals surface area contributed by atoms with Crippen LogP contribution in [0.4, 0.5) is 5.82 Å². The molecule has 1 amide bonds. The maximum Gasteiger partial charge on any atom is 0.354 e. The summed E-state index contributed by atoms with van der Waals surface area (Å²) < 4.78 is 0. The summed E-state index contributed by atoms with van der Waals surface area (Å²) in [6.07, 6.45) is 0.317. The minimum Gasteiger partial charge on any atom is -0.477 e. The van der Waals surface area contributed by atoms with Gasteiger partial charge >= 0.3 is 5.97 Å². The van der Waals surface area contributed by atoms with Gasteiger partial charge in [-0.15, -0.1) is 0 Å². The van der Waals surface area contributed by atoms with Crippen LogP contribution in [-0.4, -0.2) is 34.6 Å². The Hall–Kier alpha value is -2.11. The number of amides is 1. The molecule has 3 N–H and O–H groups in total. The van der Waals surface area contributed by atoms with Crippen LogP contribution in [-0.2, 0) is 4.79 Å². The second kappa shape index (κ2) is 6.58. The van der Waals surface area contributed by atoms with Crippen molar-refractivity contribution in [3.05, 3.63) is 23.9 Å². The van der Waals surface area contributed by atoms with Crippen LogP contribution in [0.25, 0.3) is 0 Å². The normalized spacial score (nSPS) is 10.2. The lowest BCUT2D eigenvalue weighted by atomic mass is 10.3. The number of carboxylic acid groups (broad SMARTS) is 1. The van der Waals surface area contributed by atoms with E-state index < -0.39 is 5.97 Å². The van der Waals surface area contributed by atoms with Crippen molar-refractivity contribution in [2.45, 2.75) is 26.3 Å². The van der Waals surface area contributed by atoms with Gasteiger partial charge in [0.1, 0.15) is 5.82 Å². The second-order valence-corrected chi connectivity index (χ2v) is 4.11. The Labute approximate surface area is 105 Å². The number of carbonyl (C=O) groups excluding carboxylic acids is 1. The molecule has 0 aliphatic rings. The molecule has 0 radical (unpaired) electrons. The highest BCUT2D eigenvalue weighted by Gasteiger charge is 2.06. The minimum atomic E-state index is -1.07. The van der Waals surface area contributed by atoms with Gasteiger partial charge in [0.15, 0.2) is 5.69 Å². The lowest BCUT2D eigenvalue weighted by Crippen LogP contribution is -2.31. The highest BCUT2D eigenvalue weighted by molar-refractivity contribution is 5.85.